The van der Waals surface area contributed by atoms with Crippen molar-refractivity contribution in [2.45, 2.75) is 5.16 Å². The van der Waals surface area contributed by atoms with Gasteiger partial charge in [0.05, 0.1) is 5.69 Å². The molecule has 0 saturated carbocycles. The summed E-state index contributed by atoms with van der Waals surface area (Å²) in [5, 5.41) is 28.3. The summed E-state index contributed by atoms with van der Waals surface area (Å²) in [6.45, 7) is 0. The van der Waals surface area contributed by atoms with Crippen molar-refractivity contribution in [2.75, 3.05) is 0 Å². The molecule has 0 bridgehead atoms. The van der Waals surface area contributed by atoms with Crippen LogP contribution in [0.25, 0.3) is 5.69 Å². The van der Waals surface area contributed by atoms with E-state index < -0.39 is 0 Å². The van der Waals surface area contributed by atoms with Gasteiger partial charge in [0.25, 0.3) is 0 Å². The summed E-state index contributed by atoms with van der Waals surface area (Å²) in [6, 6.07) is 10.2. The minimum Gasteiger partial charge on any atom is -0.463 e. The van der Waals surface area contributed by atoms with Crippen LogP contribution in [0.4, 0.5) is 0 Å². The number of hydrogen-bond donors (Lipinski definition) is 1. The van der Waals surface area contributed by atoms with Crippen LogP contribution in [-0.4, -0.2) is 20.2 Å². The van der Waals surface area contributed by atoms with E-state index in [0.29, 0.717) is 16.6 Å². The Bertz CT molecular complexity index is 675. The maximum atomic E-state index is 8.55. The number of thiol groups is 1. The average molecular weight is 270 g/mol. The highest BCUT2D eigenvalue weighted by Gasteiger charge is 2.04. The molecule has 0 spiro atoms. The lowest BCUT2D eigenvalue weighted by atomic mass is 10.3. The molecule has 0 aliphatic heterocycles. The normalized spacial score (nSPS) is 9.21. The van der Waals surface area contributed by atoms with Crippen LogP contribution in [-0.2, 0) is 0 Å². The topological polar surface area (TPSA) is 100 Å². The van der Waals surface area contributed by atoms with Crippen molar-refractivity contribution in [3.05, 3.63) is 36.1 Å². The van der Waals surface area contributed by atoms with Crippen LogP contribution in [0.15, 0.2) is 41.3 Å². The smallest absolute Gasteiger partial charge is 0.211 e. The van der Waals surface area contributed by atoms with Gasteiger partial charge in [-0.3, -0.25) is 0 Å². The van der Waals surface area contributed by atoms with Crippen molar-refractivity contribution in [2.24, 2.45) is 0 Å². The van der Waals surface area contributed by atoms with Crippen LogP contribution >= 0.6 is 12.6 Å². The highest BCUT2D eigenvalue weighted by molar-refractivity contribution is 7.80. The second-order valence-corrected chi connectivity index (χ2v) is 3.66. The summed E-state index contributed by atoms with van der Waals surface area (Å²) in [4.78, 5) is 0. The SMILES string of the molecule is N#CC(C#N)=COc1ccc(-n2nnnc2S)cc1. The quantitative estimate of drug-likeness (QED) is 0.512. The lowest BCUT2D eigenvalue weighted by Crippen LogP contribution is -1.97. The molecule has 0 aliphatic carbocycles. The van der Waals surface area contributed by atoms with E-state index in [1.165, 1.54) is 4.68 Å². The monoisotopic (exact) mass is 270 g/mol. The molecule has 0 radical (unpaired) electrons. The van der Waals surface area contributed by atoms with Crippen molar-refractivity contribution < 1.29 is 4.74 Å². The van der Waals surface area contributed by atoms with Crippen molar-refractivity contribution in [3.8, 4) is 23.6 Å². The maximum Gasteiger partial charge on any atom is 0.211 e. The van der Waals surface area contributed by atoms with Crippen molar-refractivity contribution >= 4 is 12.6 Å². The van der Waals surface area contributed by atoms with E-state index in [4.69, 9.17) is 15.3 Å². The van der Waals surface area contributed by atoms with Gasteiger partial charge in [0.2, 0.25) is 5.16 Å². The van der Waals surface area contributed by atoms with Crippen LogP contribution in [0.5, 0.6) is 5.75 Å². The van der Waals surface area contributed by atoms with Gasteiger partial charge in [-0.25, -0.2) is 0 Å². The zero-order chi connectivity index (χ0) is 13.7. The first kappa shape index (κ1) is 12.6. The molecule has 92 valence electrons. The number of ether oxygens (including phenoxy) is 1. The number of nitriles is 2. The van der Waals surface area contributed by atoms with Crippen LogP contribution in [0.3, 0.4) is 0 Å². The Labute approximate surface area is 113 Å². The third kappa shape index (κ3) is 2.89. The van der Waals surface area contributed by atoms with Crippen molar-refractivity contribution in [1.82, 2.24) is 20.2 Å². The Morgan fingerprint density at radius 2 is 1.95 bits per heavy atom. The van der Waals surface area contributed by atoms with Gasteiger partial charge in [0.1, 0.15) is 24.2 Å². The lowest BCUT2D eigenvalue weighted by molar-refractivity contribution is 0.479. The third-order valence-corrected chi connectivity index (χ3v) is 2.37. The molecule has 1 aromatic carbocycles. The molecule has 0 N–H and O–H groups in total. The van der Waals surface area contributed by atoms with E-state index >= 15 is 0 Å². The number of hydrogen-bond acceptors (Lipinski definition) is 7. The highest BCUT2D eigenvalue weighted by atomic mass is 32.1. The molecule has 0 unspecified atom stereocenters. The first-order chi connectivity index (χ1) is 9.24. The molecule has 0 saturated heterocycles. The minimum absolute atomic E-state index is 0.109. The average Bonchev–Trinajstić information content (AvgIpc) is 2.87. The molecule has 2 rings (SSSR count). The zero-order valence-corrected chi connectivity index (χ0v) is 10.3. The van der Waals surface area contributed by atoms with Gasteiger partial charge in [-0.05, 0) is 34.7 Å². The van der Waals surface area contributed by atoms with E-state index in [9.17, 15) is 0 Å². The number of tetrazole rings is 1. The van der Waals surface area contributed by atoms with Gasteiger partial charge in [-0.2, -0.15) is 15.2 Å². The molecular formula is C11H6N6OS. The van der Waals surface area contributed by atoms with Crippen LogP contribution in [0.1, 0.15) is 0 Å². The van der Waals surface area contributed by atoms with Crippen molar-refractivity contribution in [3.63, 3.8) is 0 Å². The number of allylic oxidation sites excluding steroid dienone is 1. The fourth-order valence-corrected chi connectivity index (χ4v) is 1.42. The van der Waals surface area contributed by atoms with Gasteiger partial charge < -0.3 is 4.74 Å². The minimum atomic E-state index is -0.109. The summed E-state index contributed by atoms with van der Waals surface area (Å²) in [5.74, 6) is 0.487. The fraction of sp³-hybridized carbons (Fsp3) is 0. The number of benzene rings is 1. The number of nitrogens with zero attached hydrogens (tertiary/aromatic N) is 6. The molecule has 0 amide bonds. The molecule has 0 atom stereocenters. The molecule has 0 fully saturated rings. The fourth-order valence-electron chi connectivity index (χ4n) is 1.22. The predicted octanol–water partition coefficient (Wildman–Crippen LogP) is 1.26. The van der Waals surface area contributed by atoms with Gasteiger partial charge >= 0.3 is 0 Å². The van der Waals surface area contributed by atoms with E-state index in [1.807, 2.05) is 0 Å². The van der Waals surface area contributed by atoms with Gasteiger partial charge in [-0.15, -0.1) is 17.7 Å². The second kappa shape index (κ2) is 5.67. The first-order valence-electron chi connectivity index (χ1n) is 4.99. The molecule has 8 heteroatoms. The van der Waals surface area contributed by atoms with Crippen LogP contribution in [0, 0.1) is 22.7 Å². The van der Waals surface area contributed by atoms with Crippen LogP contribution in [0.2, 0.25) is 0 Å². The predicted molar refractivity (Wildman–Crippen MR) is 66.3 cm³/mol. The summed E-state index contributed by atoms with van der Waals surface area (Å²) in [6.07, 6.45) is 1.09. The maximum absolute atomic E-state index is 8.55. The second-order valence-electron chi connectivity index (χ2n) is 3.26. The number of aromatic nitrogens is 4. The third-order valence-electron chi connectivity index (χ3n) is 2.09. The van der Waals surface area contributed by atoms with Gasteiger partial charge in [0.15, 0.2) is 5.57 Å². The summed E-state index contributed by atoms with van der Waals surface area (Å²) < 4.78 is 6.61. The van der Waals surface area contributed by atoms with E-state index in [0.717, 1.165) is 6.26 Å². The summed E-state index contributed by atoms with van der Waals surface area (Å²) in [5.41, 5.74) is 0.606. The molecule has 7 nitrogen and oxygen atoms in total. The van der Waals surface area contributed by atoms with E-state index in [-0.39, 0.29) is 5.57 Å². The van der Waals surface area contributed by atoms with Gasteiger partial charge in [0, 0.05) is 0 Å². The van der Waals surface area contributed by atoms with E-state index in [2.05, 4.69) is 28.2 Å². The summed E-state index contributed by atoms with van der Waals surface area (Å²) >= 11 is 4.09. The lowest BCUT2D eigenvalue weighted by Gasteiger charge is -2.03. The Kier molecular flexibility index (Phi) is 3.76. The Hall–Kier alpha value is -2.84. The summed E-state index contributed by atoms with van der Waals surface area (Å²) in [7, 11) is 0. The molecule has 1 heterocycles. The Balaban J connectivity index is 2.17. The van der Waals surface area contributed by atoms with E-state index in [1.54, 1.807) is 36.4 Å². The molecule has 0 aliphatic rings. The molecule has 19 heavy (non-hydrogen) atoms. The highest BCUT2D eigenvalue weighted by Crippen LogP contribution is 2.16. The van der Waals surface area contributed by atoms with Gasteiger partial charge in [-0.1, -0.05) is 0 Å². The largest absolute Gasteiger partial charge is 0.463 e. The first-order valence-corrected chi connectivity index (χ1v) is 5.44. The molecular weight excluding hydrogens is 264 g/mol. The Morgan fingerprint density at radius 3 is 2.47 bits per heavy atom. The van der Waals surface area contributed by atoms with Crippen molar-refractivity contribution in [1.29, 1.82) is 10.5 Å². The van der Waals surface area contributed by atoms with Crippen LogP contribution < -0.4 is 4.74 Å². The molecule has 2 aromatic rings. The Morgan fingerprint density at radius 1 is 1.26 bits per heavy atom. The number of rotatable bonds is 3. The zero-order valence-electron chi connectivity index (χ0n) is 9.43. The standard InChI is InChI=1S/C11H6N6OS/c12-5-8(6-13)7-18-10-3-1-9(2-4-10)17-11(19)14-15-16-17/h1-4,7H,(H,14,16,19). The molecule has 1 aromatic heterocycles.